The van der Waals surface area contributed by atoms with E-state index in [1.807, 2.05) is 11.5 Å². The molecule has 1 aromatic heterocycles. The first-order chi connectivity index (χ1) is 11.7. The molecule has 0 unspecified atom stereocenters. The average molecular weight is 465 g/mol. The van der Waals surface area contributed by atoms with Crippen LogP contribution < -0.4 is 5.32 Å². The molecule has 0 aromatic carbocycles. The summed E-state index contributed by atoms with van der Waals surface area (Å²) >= 11 is 0. The Bertz CT molecular complexity index is 516. The molecule has 2 rings (SSSR count). The normalized spacial score (nSPS) is 14.9. The quantitative estimate of drug-likeness (QED) is 0.292. The number of aromatic nitrogens is 3. The van der Waals surface area contributed by atoms with E-state index in [1.54, 1.807) is 24.6 Å². The third kappa shape index (κ3) is 7.04. The highest BCUT2D eigenvalue weighted by Crippen LogP contribution is 2.04. The number of unbranched alkanes of at least 4 members (excludes halogenated alkanes) is 1. The summed E-state index contributed by atoms with van der Waals surface area (Å²) in [5.74, 6) is 0.891. The number of aliphatic imine (C=N–C) groups is 1. The van der Waals surface area contributed by atoms with Crippen molar-refractivity contribution in [3.63, 3.8) is 0 Å². The number of carbonyl (C=O) groups is 1. The van der Waals surface area contributed by atoms with Crippen molar-refractivity contribution in [3.05, 3.63) is 12.7 Å². The second kappa shape index (κ2) is 11.9. The van der Waals surface area contributed by atoms with Gasteiger partial charge in [0.1, 0.15) is 12.7 Å². The lowest BCUT2D eigenvalue weighted by molar-refractivity contribution is 0.0914. The molecule has 0 aliphatic carbocycles. The molecule has 0 atom stereocenters. The number of guanidine groups is 1. The van der Waals surface area contributed by atoms with Crippen molar-refractivity contribution in [1.29, 1.82) is 0 Å². The molecule has 1 amide bonds. The standard InChI is InChI=1S/C15H27N7O2.HI/c1-3-24-15(23)22-10-8-21(9-11-22)14(16-2)17-6-4-5-7-20-12-18-19-13-20;/h12-13H,3-11H2,1-2H3,(H,16,17);1H. The van der Waals surface area contributed by atoms with Crippen molar-refractivity contribution < 1.29 is 9.53 Å². The minimum absolute atomic E-state index is 0. The van der Waals surface area contributed by atoms with Crippen LogP contribution in [0.5, 0.6) is 0 Å². The Balaban J connectivity index is 0.00000312. The predicted octanol–water partition coefficient (Wildman–Crippen LogP) is 1.03. The number of carbonyl (C=O) groups excluding carboxylic acids is 1. The highest BCUT2D eigenvalue weighted by Gasteiger charge is 2.23. The van der Waals surface area contributed by atoms with E-state index >= 15 is 0 Å². The topological polar surface area (TPSA) is 87.9 Å². The third-order valence-corrected chi connectivity index (χ3v) is 3.91. The largest absolute Gasteiger partial charge is 0.450 e. The summed E-state index contributed by atoms with van der Waals surface area (Å²) in [4.78, 5) is 20.0. The number of ether oxygens (including phenoxy) is 1. The first kappa shape index (κ1) is 21.5. The molecule has 10 heteroatoms. The average Bonchev–Trinajstić information content (AvgIpc) is 3.12. The molecule has 1 N–H and O–H groups in total. The monoisotopic (exact) mass is 465 g/mol. The number of halogens is 1. The molecule has 142 valence electrons. The number of nitrogens with one attached hydrogen (secondary N) is 1. The Morgan fingerprint density at radius 2 is 1.80 bits per heavy atom. The van der Waals surface area contributed by atoms with Gasteiger partial charge in [-0.2, -0.15) is 0 Å². The summed E-state index contributed by atoms with van der Waals surface area (Å²) in [6.45, 7) is 6.87. The van der Waals surface area contributed by atoms with Crippen LogP contribution in [0.1, 0.15) is 19.8 Å². The van der Waals surface area contributed by atoms with Crippen molar-refractivity contribution >= 4 is 36.0 Å². The number of amides is 1. The van der Waals surface area contributed by atoms with Crippen LogP contribution in [0.3, 0.4) is 0 Å². The fourth-order valence-corrected chi connectivity index (χ4v) is 2.61. The molecule has 0 saturated carbocycles. The van der Waals surface area contributed by atoms with Crippen LogP contribution in [0, 0.1) is 0 Å². The Hall–Kier alpha value is -1.59. The minimum Gasteiger partial charge on any atom is -0.450 e. The van der Waals surface area contributed by atoms with E-state index in [4.69, 9.17) is 4.74 Å². The summed E-state index contributed by atoms with van der Waals surface area (Å²) in [6, 6.07) is 0. The summed E-state index contributed by atoms with van der Waals surface area (Å²) in [6.07, 6.45) is 5.33. The van der Waals surface area contributed by atoms with Crippen LogP contribution in [0.25, 0.3) is 0 Å². The van der Waals surface area contributed by atoms with Gasteiger partial charge >= 0.3 is 6.09 Å². The molecular formula is C15H28IN7O2. The molecule has 25 heavy (non-hydrogen) atoms. The Labute approximate surface area is 165 Å². The Kier molecular flexibility index (Phi) is 10.2. The van der Waals surface area contributed by atoms with Crippen molar-refractivity contribution in [1.82, 2.24) is 29.9 Å². The first-order valence-electron chi connectivity index (χ1n) is 8.44. The van der Waals surface area contributed by atoms with E-state index in [9.17, 15) is 4.79 Å². The fourth-order valence-electron chi connectivity index (χ4n) is 2.61. The predicted molar refractivity (Wildman–Crippen MR) is 106 cm³/mol. The number of rotatable bonds is 6. The lowest BCUT2D eigenvalue weighted by atomic mass is 10.3. The highest BCUT2D eigenvalue weighted by atomic mass is 127. The molecule has 2 heterocycles. The number of hydrogen-bond donors (Lipinski definition) is 1. The van der Waals surface area contributed by atoms with Crippen molar-refractivity contribution in [3.8, 4) is 0 Å². The van der Waals surface area contributed by atoms with Gasteiger partial charge in [-0.3, -0.25) is 4.99 Å². The van der Waals surface area contributed by atoms with E-state index in [0.717, 1.165) is 45.0 Å². The number of nitrogens with zero attached hydrogens (tertiary/aromatic N) is 6. The van der Waals surface area contributed by atoms with E-state index in [2.05, 4.69) is 25.4 Å². The van der Waals surface area contributed by atoms with Crippen LogP contribution in [-0.4, -0.2) is 83.0 Å². The Morgan fingerprint density at radius 3 is 2.40 bits per heavy atom. The maximum atomic E-state index is 11.7. The van der Waals surface area contributed by atoms with E-state index in [1.165, 1.54) is 0 Å². The fraction of sp³-hybridized carbons (Fsp3) is 0.733. The molecule has 0 radical (unpaired) electrons. The van der Waals surface area contributed by atoms with Crippen LogP contribution in [0.15, 0.2) is 17.6 Å². The highest BCUT2D eigenvalue weighted by molar-refractivity contribution is 14.0. The van der Waals surface area contributed by atoms with Gasteiger partial charge in [-0.1, -0.05) is 0 Å². The minimum atomic E-state index is -0.228. The SMILES string of the molecule is CCOC(=O)N1CCN(C(=NC)NCCCCn2cnnc2)CC1.I. The molecule has 1 aromatic rings. The van der Waals surface area contributed by atoms with Crippen LogP contribution in [0.4, 0.5) is 4.79 Å². The van der Waals surface area contributed by atoms with E-state index < -0.39 is 0 Å². The lowest BCUT2D eigenvalue weighted by Crippen LogP contribution is -2.54. The summed E-state index contributed by atoms with van der Waals surface area (Å²) in [5.41, 5.74) is 0. The molecule has 1 fully saturated rings. The van der Waals surface area contributed by atoms with Crippen molar-refractivity contribution in [2.45, 2.75) is 26.3 Å². The van der Waals surface area contributed by atoms with Crippen LogP contribution in [0.2, 0.25) is 0 Å². The summed E-state index contributed by atoms with van der Waals surface area (Å²) in [5, 5.41) is 11.0. The van der Waals surface area contributed by atoms with Gasteiger partial charge in [-0.05, 0) is 19.8 Å². The second-order valence-electron chi connectivity index (χ2n) is 5.55. The summed E-state index contributed by atoms with van der Waals surface area (Å²) < 4.78 is 7.01. The van der Waals surface area contributed by atoms with Crippen molar-refractivity contribution in [2.24, 2.45) is 4.99 Å². The van der Waals surface area contributed by atoms with E-state index in [-0.39, 0.29) is 30.1 Å². The van der Waals surface area contributed by atoms with Gasteiger partial charge in [0.25, 0.3) is 0 Å². The maximum Gasteiger partial charge on any atom is 0.409 e. The number of hydrogen-bond acceptors (Lipinski definition) is 5. The molecule has 0 spiro atoms. The molecule has 1 aliphatic heterocycles. The third-order valence-electron chi connectivity index (χ3n) is 3.91. The smallest absolute Gasteiger partial charge is 0.409 e. The number of piperazine rings is 1. The van der Waals surface area contributed by atoms with Gasteiger partial charge in [0.15, 0.2) is 5.96 Å². The molecule has 1 aliphatic rings. The number of aryl methyl sites for hydroxylation is 1. The van der Waals surface area contributed by atoms with Gasteiger partial charge in [0, 0.05) is 46.3 Å². The zero-order valence-electron chi connectivity index (χ0n) is 14.9. The molecule has 1 saturated heterocycles. The van der Waals surface area contributed by atoms with Gasteiger partial charge in [0.05, 0.1) is 6.61 Å². The van der Waals surface area contributed by atoms with Crippen molar-refractivity contribution in [2.75, 3.05) is 46.4 Å². The van der Waals surface area contributed by atoms with Gasteiger partial charge in [-0.15, -0.1) is 34.2 Å². The van der Waals surface area contributed by atoms with Gasteiger partial charge in [0.2, 0.25) is 0 Å². The second-order valence-corrected chi connectivity index (χ2v) is 5.55. The zero-order chi connectivity index (χ0) is 17.2. The molecule has 0 bridgehead atoms. The Morgan fingerprint density at radius 1 is 1.16 bits per heavy atom. The molecule has 9 nitrogen and oxygen atoms in total. The van der Waals surface area contributed by atoms with Gasteiger partial charge in [-0.25, -0.2) is 4.79 Å². The zero-order valence-corrected chi connectivity index (χ0v) is 17.3. The maximum absolute atomic E-state index is 11.7. The van der Waals surface area contributed by atoms with Gasteiger partial charge < -0.3 is 24.4 Å². The summed E-state index contributed by atoms with van der Waals surface area (Å²) in [7, 11) is 1.79. The van der Waals surface area contributed by atoms with E-state index in [0.29, 0.717) is 19.7 Å². The first-order valence-corrected chi connectivity index (χ1v) is 8.44. The van der Waals surface area contributed by atoms with Crippen LogP contribution in [-0.2, 0) is 11.3 Å². The van der Waals surface area contributed by atoms with Crippen LogP contribution >= 0.6 is 24.0 Å². The lowest BCUT2D eigenvalue weighted by Gasteiger charge is -2.35. The molecular weight excluding hydrogens is 437 g/mol.